The first-order valence-electron chi connectivity index (χ1n) is 8.69. The molecule has 0 spiro atoms. The maximum atomic E-state index is 12.7. The minimum Gasteiger partial charge on any atom is -0.456 e. The van der Waals surface area contributed by atoms with Crippen molar-refractivity contribution >= 4 is 17.7 Å². The fraction of sp³-hybridized carbons (Fsp3) is 0.0952. The molecule has 0 saturated heterocycles. The molecule has 0 aliphatic rings. The molecule has 0 saturated carbocycles. The Bertz CT molecular complexity index is 1060. The minimum absolute atomic E-state index is 0.187. The van der Waals surface area contributed by atoms with E-state index in [4.69, 9.17) is 4.74 Å². The Balaban J connectivity index is 1.49. The second-order valence-corrected chi connectivity index (χ2v) is 6.77. The number of para-hydroxylation sites is 1. The predicted octanol–water partition coefficient (Wildman–Crippen LogP) is 4.14. The van der Waals surface area contributed by atoms with E-state index in [9.17, 15) is 4.79 Å². The van der Waals surface area contributed by atoms with Gasteiger partial charge in [-0.2, -0.15) is 5.10 Å². The lowest BCUT2D eigenvalue weighted by molar-refractivity contribution is 0.0462. The highest BCUT2D eigenvalue weighted by Crippen LogP contribution is 2.22. The summed E-state index contributed by atoms with van der Waals surface area (Å²) in [4.78, 5) is 17.0. The highest BCUT2D eigenvalue weighted by Gasteiger charge is 2.19. The first-order chi connectivity index (χ1) is 13.8. The van der Waals surface area contributed by atoms with Crippen LogP contribution in [0.25, 0.3) is 11.4 Å². The second-order valence-electron chi connectivity index (χ2n) is 5.99. The molecule has 0 amide bonds. The van der Waals surface area contributed by atoms with Gasteiger partial charge in [0.05, 0.1) is 11.9 Å². The average molecular weight is 390 g/mol. The van der Waals surface area contributed by atoms with Crippen LogP contribution in [0.4, 0.5) is 0 Å². The number of hydrogen-bond acceptors (Lipinski definition) is 5. The fourth-order valence-corrected chi connectivity index (χ4v) is 3.38. The van der Waals surface area contributed by atoms with Gasteiger partial charge in [0, 0.05) is 18.1 Å². The van der Waals surface area contributed by atoms with Crippen LogP contribution < -0.4 is 0 Å². The van der Waals surface area contributed by atoms with Crippen molar-refractivity contribution in [3.63, 3.8) is 0 Å². The van der Waals surface area contributed by atoms with Gasteiger partial charge in [0.2, 0.25) is 0 Å². The molecule has 0 aliphatic heterocycles. The number of carbonyl (C=O) groups excluding carboxylic acids is 1. The number of nitrogens with zero attached hydrogens (tertiary/aromatic N) is 4. The van der Waals surface area contributed by atoms with Crippen LogP contribution in [0.15, 0.2) is 84.4 Å². The van der Waals surface area contributed by atoms with Crippen LogP contribution in [0, 0.1) is 0 Å². The maximum absolute atomic E-state index is 12.7. The fourth-order valence-electron chi connectivity index (χ4n) is 2.84. The third kappa shape index (κ3) is 3.70. The summed E-state index contributed by atoms with van der Waals surface area (Å²) in [6.07, 6.45) is 7.09. The number of benzene rings is 2. The molecule has 4 rings (SSSR count). The summed E-state index contributed by atoms with van der Waals surface area (Å²) in [6.45, 7) is 0.187. The van der Waals surface area contributed by atoms with Crippen LogP contribution in [0.2, 0.25) is 0 Å². The number of carbonyl (C=O) groups is 1. The lowest BCUT2D eigenvalue weighted by Crippen LogP contribution is -2.11. The largest absolute Gasteiger partial charge is 0.456 e. The van der Waals surface area contributed by atoms with E-state index in [1.165, 1.54) is 11.8 Å². The van der Waals surface area contributed by atoms with Gasteiger partial charge in [-0.1, -0.05) is 42.1 Å². The molecule has 0 radical (unpaired) electrons. The van der Waals surface area contributed by atoms with Gasteiger partial charge in [0.15, 0.2) is 10.9 Å². The van der Waals surface area contributed by atoms with Gasteiger partial charge < -0.3 is 4.74 Å². The number of ether oxygens (including phenoxy) is 1. The van der Waals surface area contributed by atoms with Crippen molar-refractivity contribution < 1.29 is 9.53 Å². The first kappa shape index (κ1) is 18.1. The van der Waals surface area contributed by atoms with Crippen molar-refractivity contribution in [3.8, 4) is 11.4 Å². The van der Waals surface area contributed by atoms with E-state index in [0.717, 1.165) is 22.1 Å². The maximum Gasteiger partial charge on any atom is 0.357 e. The molecule has 0 bridgehead atoms. The summed E-state index contributed by atoms with van der Waals surface area (Å²) >= 11 is 1.48. The lowest BCUT2D eigenvalue weighted by atomic mass is 10.2. The molecule has 4 aromatic rings. The second kappa shape index (κ2) is 8.14. The van der Waals surface area contributed by atoms with E-state index in [-0.39, 0.29) is 6.61 Å². The van der Waals surface area contributed by atoms with Gasteiger partial charge in [0.1, 0.15) is 6.61 Å². The molecule has 2 aromatic carbocycles. The van der Waals surface area contributed by atoms with Crippen molar-refractivity contribution in [3.05, 3.63) is 90.5 Å². The Morgan fingerprint density at radius 3 is 2.50 bits per heavy atom. The minimum atomic E-state index is -0.409. The zero-order valence-corrected chi connectivity index (χ0v) is 16.0. The summed E-state index contributed by atoms with van der Waals surface area (Å²) in [7, 11) is 0. The molecule has 6 nitrogen and oxygen atoms in total. The van der Waals surface area contributed by atoms with Crippen molar-refractivity contribution in [1.29, 1.82) is 0 Å². The van der Waals surface area contributed by atoms with Gasteiger partial charge >= 0.3 is 5.97 Å². The Morgan fingerprint density at radius 2 is 1.82 bits per heavy atom. The summed E-state index contributed by atoms with van der Waals surface area (Å²) in [6, 6.07) is 19.3. The molecule has 0 N–H and O–H groups in total. The number of thioether (sulfide) groups is 1. The number of hydrogen-bond donors (Lipinski definition) is 0. The summed E-state index contributed by atoms with van der Waals surface area (Å²) in [5, 5.41) is 4.94. The van der Waals surface area contributed by atoms with E-state index in [2.05, 4.69) is 10.1 Å². The van der Waals surface area contributed by atoms with E-state index >= 15 is 0 Å². The van der Waals surface area contributed by atoms with E-state index in [0.29, 0.717) is 5.69 Å². The summed E-state index contributed by atoms with van der Waals surface area (Å²) < 4.78 is 9.12. The van der Waals surface area contributed by atoms with Crippen molar-refractivity contribution in [2.24, 2.45) is 0 Å². The van der Waals surface area contributed by atoms with Crippen molar-refractivity contribution in [2.45, 2.75) is 11.8 Å². The van der Waals surface area contributed by atoms with Crippen molar-refractivity contribution in [1.82, 2.24) is 19.3 Å². The molecule has 0 aliphatic carbocycles. The highest BCUT2D eigenvalue weighted by molar-refractivity contribution is 7.98. The van der Waals surface area contributed by atoms with Gasteiger partial charge in [-0.25, -0.2) is 14.5 Å². The van der Waals surface area contributed by atoms with Gasteiger partial charge in [-0.15, -0.1) is 0 Å². The Labute approximate surface area is 166 Å². The lowest BCUT2D eigenvalue weighted by Gasteiger charge is -2.11. The van der Waals surface area contributed by atoms with Gasteiger partial charge in [0.25, 0.3) is 0 Å². The first-order valence-corrected chi connectivity index (χ1v) is 9.92. The van der Waals surface area contributed by atoms with Crippen LogP contribution in [0.5, 0.6) is 0 Å². The quantitative estimate of drug-likeness (QED) is 0.366. The SMILES string of the molecule is CSc1ncc(C(=O)OCc2ccc(-n3cccn3)cc2)n1-c1ccccc1. The van der Waals surface area contributed by atoms with Gasteiger partial charge in [-0.3, -0.25) is 4.57 Å². The van der Waals surface area contributed by atoms with Crippen LogP contribution in [0.1, 0.15) is 16.1 Å². The van der Waals surface area contributed by atoms with E-state index in [1.807, 2.05) is 77.7 Å². The van der Waals surface area contributed by atoms with E-state index in [1.54, 1.807) is 17.1 Å². The zero-order chi connectivity index (χ0) is 19.3. The molecule has 0 fully saturated rings. The number of aromatic nitrogens is 4. The predicted molar refractivity (Wildman–Crippen MR) is 108 cm³/mol. The molecule has 28 heavy (non-hydrogen) atoms. The Kier molecular flexibility index (Phi) is 5.25. The topological polar surface area (TPSA) is 61.9 Å². The average Bonchev–Trinajstić information content (AvgIpc) is 3.43. The third-order valence-corrected chi connectivity index (χ3v) is 4.86. The monoisotopic (exact) mass is 390 g/mol. The molecule has 2 aromatic heterocycles. The molecular formula is C21H18N4O2S. The standard InChI is InChI=1S/C21H18N4O2S/c1-28-21-22-14-19(25(21)18-6-3-2-4-7-18)20(26)27-15-16-8-10-17(11-9-16)24-13-5-12-23-24/h2-14H,15H2,1H3. The van der Waals surface area contributed by atoms with Crippen molar-refractivity contribution in [2.75, 3.05) is 6.26 Å². The highest BCUT2D eigenvalue weighted by atomic mass is 32.2. The smallest absolute Gasteiger partial charge is 0.357 e. The molecule has 140 valence electrons. The molecule has 7 heteroatoms. The van der Waals surface area contributed by atoms with E-state index < -0.39 is 5.97 Å². The normalized spacial score (nSPS) is 10.8. The molecule has 0 unspecified atom stereocenters. The van der Waals surface area contributed by atoms with Crippen LogP contribution >= 0.6 is 11.8 Å². The molecular weight excluding hydrogens is 372 g/mol. The number of esters is 1. The summed E-state index contributed by atoms with van der Waals surface area (Å²) in [5.74, 6) is -0.409. The van der Waals surface area contributed by atoms with Crippen LogP contribution in [0.3, 0.4) is 0 Å². The molecule has 2 heterocycles. The Morgan fingerprint density at radius 1 is 1.04 bits per heavy atom. The van der Waals surface area contributed by atoms with Gasteiger partial charge in [-0.05, 0) is 42.2 Å². The van der Waals surface area contributed by atoms with Crippen LogP contribution in [-0.4, -0.2) is 31.6 Å². The van der Waals surface area contributed by atoms with Crippen LogP contribution in [-0.2, 0) is 11.3 Å². The number of rotatable bonds is 6. The zero-order valence-electron chi connectivity index (χ0n) is 15.2. The Hall–Kier alpha value is -3.32. The number of imidazole rings is 1. The molecule has 0 atom stereocenters. The summed E-state index contributed by atoms with van der Waals surface area (Å²) in [5.41, 5.74) is 3.13. The third-order valence-electron chi connectivity index (χ3n) is 4.21.